The molecule has 1 aliphatic heterocycles. The zero-order valence-corrected chi connectivity index (χ0v) is 12.4. The molecule has 3 N–H and O–H groups in total. The lowest BCUT2D eigenvalue weighted by molar-refractivity contribution is 0.0902. The van der Waals surface area contributed by atoms with Gasteiger partial charge in [-0.15, -0.1) is 0 Å². The molecule has 1 fully saturated rings. The number of nitrogens with two attached hydrogens (primary N) is 1. The van der Waals surface area contributed by atoms with E-state index in [-0.39, 0.29) is 22.8 Å². The first-order valence-corrected chi connectivity index (χ1v) is 8.00. The molecule has 1 aromatic carbocycles. The average molecular weight is 300 g/mol. The Bertz CT molecular complexity index is 568. The Labute approximate surface area is 119 Å². The summed E-state index contributed by atoms with van der Waals surface area (Å²) in [5.41, 5.74) is 6.03. The second-order valence-corrected chi connectivity index (χ2v) is 6.55. The van der Waals surface area contributed by atoms with Crippen LogP contribution in [0.4, 0.5) is 5.69 Å². The second kappa shape index (κ2) is 5.99. The molecule has 0 amide bonds. The number of nitrogen functional groups attached to an aromatic ring is 1. The molecular weight excluding hydrogens is 280 g/mol. The number of hydrogen-bond acceptors (Lipinski definition) is 5. The van der Waals surface area contributed by atoms with E-state index in [1.807, 2.05) is 0 Å². The van der Waals surface area contributed by atoms with Crippen molar-refractivity contribution in [1.82, 2.24) is 4.72 Å². The zero-order chi connectivity index (χ0) is 14.8. The Hall–Kier alpha value is -1.31. The molecular formula is C13H20N2O4S. The van der Waals surface area contributed by atoms with Gasteiger partial charge in [-0.3, -0.25) is 0 Å². The minimum atomic E-state index is -3.70. The van der Waals surface area contributed by atoms with Gasteiger partial charge < -0.3 is 15.2 Å². The van der Waals surface area contributed by atoms with Gasteiger partial charge in [-0.05, 0) is 38.0 Å². The summed E-state index contributed by atoms with van der Waals surface area (Å²) in [4.78, 5) is 0.0462. The van der Waals surface area contributed by atoms with Crippen molar-refractivity contribution in [2.45, 2.75) is 36.8 Å². The standard InChI is InChI=1S/C13H20N2O4S/c1-9(11-4-3-7-19-11)15-20(16,17)13-8-10(14)5-6-12(13)18-2/h5-6,8-9,11,15H,3-4,7,14H2,1-2H3. The lowest BCUT2D eigenvalue weighted by atomic mass is 10.1. The summed E-state index contributed by atoms with van der Waals surface area (Å²) < 4.78 is 38.1. The average Bonchev–Trinajstić information content (AvgIpc) is 2.92. The van der Waals surface area contributed by atoms with Gasteiger partial charge in [-0.2, -0.15) is 0 Å². The van der Waals surface area contributed by atoms with Crippen LogP contribution in [0.15, 0.2) is 23.1 Å². The van der Waals surface area contributed by atoms with E-state index in [9.17, 15) is 8.42 Å². The van der Waals surface area contributed by atoms with Crippen molar-refractivity contribution >= 4 is 15.7 Å². The maximum absolute atomic E-state index is 12.4. The van der Waals surface area contributed by atoms with Gasteiger partial charge in [0.2, 0.25) is 10.0 Å². The zero-order valence-electron chi connectivity index (χ0n) is 11.6. The highest BCUT2D eigenvalue weighted by Crippen LogP contribution is 2.26. The van der Waals surface area contributed by atoms with E-state index in [4.69, 9.17) is 15.2 Å². The minimum Gasteiger partial charge on any atom is -0.495 e. The van der Waals surface area contributed by atoms with E-state index in [1.54, 1.807) is 19.1 Å². The number of hydrogen-bond donors (Lipinski definition) is 2. The van der Waals surface area contributed by atoms with Gasteiger partial charge in [0.15, 0.2) is 0 Å². The number of sulfonamides is 1. The third kappa shape index (κ3) is 3.23. The lowest BCUT2D eigenvalue weighted by Gasteiger charge is -2.20. The summed E-state index contributed by atoms with van der Waals surface area (Å²) in [5, 5.41) is 0. The Morgan fingerprint density at radius 1 is 1.50 bits per heavy atom. The number of ether oxygens (including phenoxy) is 2. The van der Waals surface area contributed by atoms with E-state index < -0.39 is 10.0 Å². The van der Waals surface area contributed by atoms with E-state index in [2.05, 4.69) is 4.72 Å². The SMILES string of the molecule is COc1ccc(N)cc1S(=O)(=O)NC(C)C1CCCO1. The summed E-state index contributed by atoms with van der Waals surface area (Å²) in [5.74, 6) is 0.270. The first-order valence-electron chi connectivity index (χ1n) is 6.51. The van der Waals surface area contributed by atoms with Crippen LogP contribution in [0.1, 0.15) is 19.8 Å². The number of rotatable bonds is 5. The van der Waals surface area contributed by atoms with Gasteiger partial charge in [0, 0.05) is 18.3 Å². The molecule has 0 aromatic heterocycles. The molecule has 112 valence electrons. The van der Waals surface area contributed by atoms with Crippen LogP contribution in [-0.2, 0) is 14.8 Å². The van der Waals surface area contributed by atoms with Crippen molar-refractivity contribution < 1.29 is 17.9 Å². The van der Waals surface area contributed by atoms with E-state index >= 15 is 0 Å². The lowest BCUT2D eigenvalue weighted by Crippen LogP contribution is -2.40. The Kier molecular flexibility index (Phi) is 4.52. The van der Waals surface area contributed by atoms with Crippen LogP contribution in [0, 0.1) is 0 Å². The van der Waals surface area contributed by atoms with Gasteiger partial charge in [-0.1, -0.05) is 0 Å². The first kappa shape index (κ1) is 15.1. The molecule has 1 heterocycles. The molecule has 1 aromatic rings. The molecule has 7 heteroatoms. The number of methoxy groups -OCH3 is 1. The summed E-state index contributed by atoms with van der Waals surface area (Å²) in [6, 6.07) is 4.24. The van der Waals surface area contributed by atoms with Crippen molar-refractivity contribution in [3.05, 3.63) is 18.2 Å². The van der Waals surface area contributed by atoms with Crippen molar-refractivity contribution in [3.63, 3.8) is 0 Å². The quantitative estimate of drug-likeness (QED) is 0.795. The predicted octanol–water partition coefficient (Wildman–Crippen LogP) is 1.12. The summed E-state index contributed by atoms with van der Waals surface area (Å²) in [6.07, 6.45) is 1.73. The Morgan fingerprint density at radius 3 is 2.85 bits per heavy atom. The van der Waals surface area contributed by atoms with Gasteiger partial charge >= 0.3 is 0 Å². The van der Waals surface area contributed by atoms with E-state index in [0.717, 1.165) is 12.8 Å². The Balaban J connectivity index is 2.23. The normalized spacial score (nSPS) is 20.8. The molecule has 2 rings (SSSR count). The highest BCUT2D eigenvalue weighted by atomic mass is 32.2. The summed E-state index contributed by atoms with van der Waals surface area (Å²) in [6.45, 7) is 2.48. The molecule has 0 spiro atoms. The van der Waals surface area contributed by atoms with Crippen molar-refractivity contribution in [1.29, 1.82) is 0 Å². The molecule has 0 radical (unpaired) electrons. The third-order valence-electron chi connectivity index (χ3n) is 3.34. The largest absolute Gasteiger partial charge is 0.495 e. The van der Waals surface area contributed by atoms with Gasteiger partial charge in [0.05, 0.1) is 13.2 Å². The maximum Gasteiger partial charge on any atom is 0.244 e. The van der Waals surface area contributed by atoms with Crippen LogP contribution in [-0.4, -0.2) is 34.3 Å². The number of benzene rings is 1. The second-order valence-electron chi connectivity index (χ2n) is 4.87. The van der Waals surface area contributed by atoms with Crippen LogP contribution < -0.4 is 15.2 Å². The molecule has 2 atom stereocenters. The van der Waals surface area contributed by atoms with Crippen LogP contribution >= 0.6 is 0 Å². The van der Waals surface area contributed by atoms with Gasteiger partial charge in [0.25, 0.3) is 0 Å². The molecule has 20 heavy (non-hydrogen) atoms. The van der Waals surface area contributed by atoms with Crippen molar-refractivity contribution in [2.75, 3.05) is 19.5 Å². The van der Waals surface area contributed by atoms with E-state index in [0.29, 0.717) is 12.3 Å². The minimum absolute atomic E-state index is 0.0462. The van der Waals surface area contributed by atoms with Crippen molar-refractivity contribution in [2.24, 2.45) is 0 Å². The van der Waals surface area contributed by atoms with E-state index in [1.165, 1.54) is 13.2 Å². The molecule has 1 saturated heterocycles. The molecule has 0 bridgehead atoms. The first-order chi connectivity index (χ1) is 9.44. The van der Waals surface area contributed by atoms with Crippen LogP contribution in [0.25, 0.3) is 0 Å². The molecule has 1 aliphatic rings. The molecule has 2 unspecified atom stereocenters. The monoisotopic (exact) mass is 300 g/mol. The highest BCUT2D eigenvalue weighted by Gasteiger charge is 2.28. The number of nitrogens with one attached hydrogen (secondary N) is 1. The van der Waals surface area contributed by atoms with Crippen LogP contribution in [0.2, 0.25) is 0 Å². The van der Waals surface area contributed by atoms with Crippen LogP contribution in [0.5, 0.6) is 5.75 Å². The predicted molar refractivity (Wildman–Crippen MR) is 76.2 cm³/mol. The molecule has 0 aliphatic carbocycles. The van der Waals surface area contributed by atoms with Gasteiger partial charge in [0.1, 0.15) is 10.6 Å². The van der Waals surface area contributed by atoms with Gasteiger partial charge in [-0.25, -0.2) is 13.1 Å². The molecule has 0 saturated carbocycles. The summed E-state index contributed by atoms with van der Waals surface area (Å²) >= 11 is 0. The maximum atomic E-state index is 12.4. The third-order valence-corrected chi connectivity index (χ3v) is 4.92. The fourth-order valence-electron chi connectivity index (χ4n) is 2.28. The van der Waals surface area contributed by atoms with Crippen LogP contribution in [0.3, 0.4) is 0 Å². The smallest absolute Gasteiger partial charge is 0.244 e. The topological polar surface area (TPSA) is 90.7 Å². The molecule has 6 nitrogen and oxygen atoms in total. The Morgan fingerprint density at radius 2 is 2.25 bits per heavy atom. The summed E-state index contributed by atoms with van der Waals surface area (Å²) in [7, 11) is -2.27. The van der Waals surface area contributed by atoms with Crippen molar-refractivity contribution in [3.8, 4) is 5.75 Å². The fourth-order valence-corrected chi connectivity index (χ4v) is 3.76. The fraction of sp³-hybridized carbons (Fsp3) is 0.538. The highest BCUT2D eigenvalue weighted by molar-refractivity contribution is 7.89. The number of anilines is 1.